The highest BCUT2D eigenvalue weighted by molar-refractivity contribution is 7.80. The first-order valence-electron chi connectivity index (χ1n) is 30.4. The van der Waals surface area contributed by atoms with Crippen LogP contribution in [0.15, 0.2) is 0 Å². The summed E-state index contributed by atoms with van der Waals surface area (Å²) in [7, 11) is -4.07. The Kier molecular flexibility index (Phi) is 29.3. The van der Waals surface area contributed by atoms with E-state index in [-0.39, 0.29) is 25.9 Å². The monoisotopic (exact) mass is 1500 g/mol. The first kappa shape index (κ1) is 82.5. The van der Waals surface area contributed by atoms with Gasteiger partial charge in [0.15, 0.2) is 68.6 Å². The van der Waals surface area contributed by atoms with Gasteiger partial charge >= 0.3 is 10.4 Å². The minimum Gasteiger partial charge on any atom is -0.435 e. The molecule has 0 aromatic rings. The predicted molar refractivity (Wildman–Crippen MR) is 297 cm³/mol. The van der Waals surface area contributed by atoms with Gasteiger partial charge in [-0.2, -0.15) is 8.42 Å². The van der Waals surface area contributed by atoms with Crippen LogP contribution in [0.2, 0.25) is 0 Å². The van der Waals surface area contributed by atoms with E-state index in [4.69, 9.17) is 107 Å². The number of hydrogen-bond acceptors (Lipinski definition) is 47. The largest absolute Gasteiger partial charge is 0.435 e. The molecule has 8 fully saturated rings. The molecule has 0 bridgehead atoms. The Labute approximate surface area is 567 Å². The Hall–Kier alpha value is -4.18. The van der Waals surface area contributed by atoms with Crippen LogP contribution in [0.5, 0.6) is 0 Å². The second kappa shape index (κ2) is 35.9. The Morgan fingerprint density at radius 2 is 0.683 bits per heavy atom. The molecule has 50 heteroatoms. The van der Waals surface area contributed by atoms with E-state index in [2.05, 4.69) is 14.2 Å². The minimum absolute atomic E-state index is 0.152. The Balaban J connectivity index is 0.922. The van der Waals surface area contributed by atoms with Gasteiger partial charge in [-0.15, -0.1) is 0 Å². The summed E-state index contributed by atoms with van der Waals surface area (Å²) in [6.07, 6.45) is -74.2. The van der Waals surface area contributed by atoms with E-state index in [1.807, 2.05) is 0 Å². The molecule has 0 spiro atoms. The lowest BCUT2D eigenvalue weighted by Gasteiger charge is -2.50. The summed E-state index contributed by atoms with van der Waals surface area (Å²) in [5, 5.41) is 179. The van der Waals surface area contributed by atoms with Gasteiger partial charge in [0.1, 0.15) is 134 Å². The van der Waals surface area contributed by atoms with Gasteiger partial charge in [-0.3, -0.25) is 28.5 Å². The third-order valence-electron chi connectivity index (χ3n) is 17.2. The summed E-state index contributed by atoms with van der Waals surface area (Å²) < 4.78 is 146. The zero-order valence-electron chi connectivity index (χ0n) is 52.4. The highest BCUT2D eigenvalue weighted by Crippen LogP contribution is 2.39. The molecule has 8 aliphatic rings. The lowest BCUT2D eigenvalue weighted by Crippen LogP contribution is -2.70. The zero-order valence-corrected chi connectivity index (χ0v) is 53.2. The minimum atomic E-state index is -5.16. The van der Waals surface area contributed by atoms with E-state index in [0.717, 1.165) is 14.0 Å². The molecule has 101 heavy (non-hydrogen) atoms. The highest BCUT2D eigenvalue weighted by Gasteiger charge is 2.60. The van der Waals surface area contributed by atoms with Crippen molar-refractivity contribution in [2.24, 2.45) is 17.2 Å². The molecule has 24 N–H and O–H groups in total. The Morgan fingerprint density at radius 1 is 0.376 bits per heavy atom. The number of nitrogens with two attached hydrogens (primary N) is 3. The molecular weight excluding hydrogens is 1420 g/mol. The third kappa shape index (κ3) is 18.4. The molecule has 0 saturated carbocycles. The van der Waals surface area contributed by atoms with E-state index in [1.54, 1.807) is 0 Å². The lowest BCUT2D eigenvalue weighted by atomic mass is 9.95. The maximum atomic E-state index is 12.9. The maximum absolute atomic E-state index is 12.9. The summed E-state index contributed by atoms with van der Waals surface area (Å²) in [4.78, 5) is 59.5. The van der Waals surface area contributed by atoms with Gasteiger partial charge in [-0.25, -0.2) is 4.18 Å². The van der Waals surface area contributed by atoms with Crippen molar-refractivity contribution in [3.05, 3.63) is 0 Å². The van der Waals surface area contributed by atoms with Gasteiger partial charge in [-0.05, 0) is 0 Å². The first-order valence-corrected chi connectivity index (χ1v) is 31.7. The fourth-order valence-electron chi connectivity index (χ4n) is 12.0. The topological polar surface area (TPSA) is 747 Å². The Bertz CT molecular complexity index is 2770. The fourth-order valence-corrected chi connectivity index (χ4v) is 12.3. The van der Waals surface area contributed by atoms with E-state index < -0.39 is 289 Å². The number of aliphatic hydroxyl groups is 16. The van der Waals surface area contributed by atoms with Crippen LogP contribution in [0.3, 0.4) is 0 Å². The molecule has 582 valence electrons. The van der Waals surface area contributed by atoms with E-state index in [0.29, 0.717) is 0 Å². The number of carbonyl (C=O) groups excluding carboxylic acids is 5. The number of amides is 1. The number of nitrogens with one attached hydrogen (secondary N) is 1. The number of hydrogen-bond donors (Lipinski definition) is 21. The van der Waals surface area contributed by atoms with Crippen LogP contribution >= 0.6 is 0 Å². The molecular formula is C51H82N4O45S. The van der Waals surface area contributed by atoms with Crippen molar-refractivity contribution < 1.29 is 218 Å². The number of carbonyl (C=O) groups is 5. The number of rotatable bonds is 30. The highest BCUT2D eigenvalue weighted by atomic mass is 32.3. The molecule has 0 aliphatic carbocycles. The second-order valence-corrected chi connectivity index (χ2v) is 24.7. The standard InChI is InChI=1S/C51H82N4O45S/c1-11(63)55-19-36(20(64)12(3-56)86-43(19)96-39-27(71)31(75)47(99-51(39)84-10-62)92-35-15(6-85-101(77,78)79)89-40(80-2)16(52)21(35)65)93-48-32(76)26(70)38(50(100-48)83-9-61)95-42-18(54)23(67)34(14(5-58)88-42)91-46-30(74)25(69)37(49(98-46)82-8-60)94-41-17(53)22(66)33(13(4-57)87-41)90-45-29(73)24(68)28(72)44(97-45)81-7-59/h7-10,12-51,56-58,64-76H,3-6,52-54H2,1-2H3,(H,55,63)(H,77,78,79)/t12?,13?,14?,15?,16?,17?,18?,19?,20-,21+,22+,23+,24-,25+,26+,27+,28-,29?,30?,31?,32?,33+,34+,35+,36+,37-,38-,39-,40-,41+,42+,43-,44?,45+,46+,47+,48+,49?,50?,51?/m0/s1. The van der Waals surface area contributed by atoms with Crippen molar-refractivity contribution in [1.29, 1.82) is 0 Å². The third-order valence-corrected chi connectivity index (χ3v) is 17.6. The van der Waals surface area contributed by atoms with Crippen LogP contribution in [0, 0.1) is 0 Å². The molecule has 0 aromatic heterocycles. The van der Waals surface area contributed by atoms with Crippen molar-refractivity contribution in [1.82, 2.24) is 5.32 Å². The molecule has 8 rings (SSSR count). The van der Waals surface area contributed by atoms with Gasteiger partial charge < -0.3 is 199 Å². The van der Waals surface area contributed by atoms with Crippen molar-refractivity contribution in [3.63, 3.8) is 0 Å². The van der Waals surface area contributed by atoms with Crippen LogP contribution in [0.25, 0.3) is 0 Å². The summed E-state index contributed by atoms with van der Waals surface area (Å²) >= 11 is 0. The van der Waals surface area contributed by atoms with Crippen LogP contribution in [-0.4, -0.2) is 406 Å². The smallest absolute Gasteiger partial charge is 0.397 e. The summed E-state index contributed by atoms with van der Waals surface area (Å²) in [5.41, 5.74) is 18.6. The van der Waals surface area contributed by atoms with Crippen molar-refractivity contribution in [2.75, 3.05) is 33.5 Å². The quantitative estimate of drug-likeness (QED) is 0.0180. The Morgan fingerprint density at radius 3 is 1.05 bits per heavy atom. The van der Waals surface area contributed by atoms with Gasteiger partial charge in [-0.1, -0.05) is 0 Å². The second-order valence-electron chi connectivity index (χ2n) is 23.6. The van der Waals surface area contributed by atoms with E-state index in [1.165, 1.54) is 0 Å². The number of methoxy groups -OCH3 is 1. The number of ether oxygens (including phenoxy) is 20. The van der Waals surface area contributed by atoms with E-state index >= 15 is 0 Å². The van der Waals surface area contributed by atoms with Crippen LogP contribution in [-0.2, 0) is 133 Å². The average Bonchev–Trinajstić information content (AvgIpc) is 0.839. The van der Waals surface area contributed by atoms with Gasteiger partial charge in [0.25, 0.3) is 25.9 Å². The lowest BCUT2D eigenvalue weighted by molar-refractivity contribution is -0.407. The molecule has 0 aromatic carbocycles. The molecule has 49 nitrogen and oxygen atoms in total. The summed E-state index contributed by atoms with van der Waals surface area (Å²) in [5.74, 6) is -0.970. The molecule has 8 heterocycles. The maximum Gasteiger partial charge on any atom is 0.397 e. The van der Waals surface area contributed by atoms with Crippen LogP contribution in [0.4, 0.5) is 0 Å². The normalized spacial score (nSPS) is 48.4. The molecule has 1 amide bonds. The summed E-state index contributed by atoms with van der Waals surface area (Å²) in [6, 6.07) is -7.10. The summed E-state index contributed by atoms with van der Waals surface area (Å²) in [6.45, 7) is -4.34. The van der Waals surface area contributed by atoms with Crippen molar-refractivity contribution in [2.45, 2.75) is 253 Å². The molecule has 0 radical (unpaired) electrons. The fraction of sp³-hybridized carbons (Fsp3) is 0.902. The molecule has 16 unspecified atom stereocenters. The number of aliphatic hydroxyl groups excluding tert-OH is 16. The average molecular weight is 1500 g/mol. The SMILES string of the molecule is CO[C@H]1OC(COS(=O)(=O)O)[C@@H](O[C@@H]2OC(OC=O)[C@@H](O[C@@H]3OC(CO)[C@H](O)[C@H](O[C@@H]4OC(OC=O)[C@@H](O[C@H]5OC(CO)[C@@H](O[C@@H]6OC(OC=O)[C@@H](O[C@H]7OC(CO)[C@@H](O[C@@H]8OC(OC=O)[C@@H](O)[C@H](O)C8O)[C@H](O)C7N)[C@H](O)C6O)[C@H](O)C5N)[C@H](O)C4O)C3NC(C)=O)[C@H](O)C2O)[C@H](O)C1N. The molecule has 8 saturated heterocycles. The predicted octanol–water partition coefficient (Wildman–Crippen LogP) is -17.4. The van der Waals surface area contributed by atoms with Gasteiger partial charge in [0.05, 0.1) is 44.6 Å². The van der Waals surface area contributed by atoms with Crippen LogP contribution < -0.4 is 22.5 Å². The zero-order chi connectivity index (χ0) is 74.4. The molecule has 40 atom stereocenters. The van der Waals surface area contributed by atoms with Gasteiger partial charge in [0, 0.05) is 14.0 Å². The van der Waals surface area contributed by atoms with E-state index in [9.17, 15) is 119 Å². The molecule has 8 aliphatic heterocycles. The van der Waals surface area contributed by atoms with Crippen molar-refractivity contribution in [3.8, 4) is 0 Å². The van der Waals surface area contributed by atoms with Crippen molar-refractivity contribution >= 4 is 42.2 Å². The van der Waals surface area contributed by atoms with Gasteiger partial charge in [0.2, 0.25) is 31.1 Å². The first-order chi connectivity index (χ1) is 47.8. The van der Waals surface area contributed by atoms with Crippen LogP contribution in [0.1, 0.15) is 6.92 Å².